The molecular weight excluding hydrogens is 1420 g/mol. The summed E-state index contributed by atoms with van der Waals surface area (Å²) in [7, 11) is 0. The average Bonchev–Trinajstić information content (AvgIpc) is 1.09. The molecule has 0 unspecified atom stereocenters. The lowest BCUT2D eigenvalue weighted by atomic mass is 9.33. The maximum Gasteiger partial charge on any atom is 0.252 e. The first-order valence-electron chi connectivity index (χ1n) is 40.8. The van der Waals surface area contributed by atoms with Crippen molar-refractivity contribution in [1.82, 2.24) is 34.5 Å². The molecule has 568 valence electrons. The van der Waals surface area contributed by atoms with E-state index in [0.717, 1.165) is 112 Å². The number of hydrogen-bond donors (Lipinski definition) is 0. The molecule has 0 aliphatic carbocycles. The van der Waals surface area contributed by atoms with Gasteiger partial charge in [-0.15, -0.1) is 0 Å². The molecule has 2 aliphatic rings. The monoisotopic (exact) mass is 1510 g/mol. The Kier molecular flexibility index (Phi) is 18.0. The van der Waals surface area contributed by atoms with Crippen LogP contribution in [0.25, 0.3) is 129 Å². The van der Waals surface area contributed by atoms with Gasteiger partial charge >= 0.3 is 0 Å². The zero-order chi connectivity index (χ0) is 80.4. The molecule has 19 rings (SSSR count). The van der Waals surface area contributed by atoms with Gasteiger partial charge in [0.1, 0.15) is 0 Å². The van der Waals surface area contributed by atoms with E-state index in [1.54, 1.807) is 0 Å². The van der Waals surface area contributed by atoms with E-state index in [2.05, 4.69) is 353 Å². The maximum absolute atomic E-state index is 5.42. The van der Waals surface area contributed by atoms with Gasteiger partial charge in [-0.1, -0.05) is 331 Å². The summed E-state index contributed by atoms with van der Waals surface area (Å²) in [4.78, 5) is 36.9. The molecule has 0 N–H and O–H groups in total. The Morgan fingerprint density at radius 2 is 0.581 bits per heavy atom. The van der Waals surface area contributed by atoms with Crippen molar-refractivity contribution < 1.29 is 0 Å². The molecule has 17 aromatic rings. The summed E-state index contributed by atoms with van der Waals surface area (Å²) in [6, 6.07) is 118. The van der Waals surface area contributed by atoms with Gasteiger partial charge in [-0.2, -0.15) is 0 Å². The van der Waals surface area contributed by atoms with Gasteiger partial charge in [-0.3, -0.25) is 0 Å². The number of aromatic nitrogens is 7. The van der Waals surface area contributed by atoms with Crippen LogP contribution < -0.4 is 26.2 Å². The number of anilines is 6. The fourth-order valence-corrected chi connectivity index (χ4v) is 17.1. The quantitative estimate of drug-likeness (QED) is 0.112. The van der Waals surface area contributed by atoms with Crippen molar-refractivity contribution in [1.29, 1.82) is 0 Å². The van der Waals surface area contributed by atoms with Gasteiger partial charge in [0.05, 0.1) is 16.7 Å². The van der Waals surface area contributed by atoms with Crippen molar-refractivity contribution in [3.63, 3.8) is 0 Å². The Morgan fingerprint density at radius 3 is 0.983 bits per heavy atom. The third-order valence-corrected chi connectivity index (χ3v) is 23.5. The SMILES string of the molecule is Cc1ccc(-n2c3ccc(-c4cc5c6c(c4)N(c4ccccc4)c4ccc(-c7cc(C(C)(C)C)cc(C(C)(C)C)c7)cc4B6c4cc(-c6cc(C(C)(C)C)cc(C(C)(C)C)c6)ccc4N5c4ccccc4)cc3c3ccc(-c4nc(-c5ccccc5)nc(-c5ccccc5)n4)cc32)c(-c2nc(-c3ccccc3)nc(-c3ccccc3)n2)c1. The minimum Gasteiger partial charge on any atom is -0.311 e. The summed E-state index contributed by atoms with van der Waals surface area (Å²) in [5, 5.41) is 2.11. The van der Waals surface area contributed by atoms with E-state index in [-0.39, 0.29) is 28.4 Å². The standard InChI is InChI=1S/C107H92BN9/c1-67-44-50-91(87(54-67)103-113-100(70-36-24-16-25-37-70)110-101(114-103)71-38-26-17-27-39-71)117-90-51-46-72(59-86(90)85-49-45-75(62-94(85)117)102-111-98(68-32-20-14-21-33-68)109-99(112-102)69-34-22-15-23-35-69)78-63-95-97-96(64-78)116(84-42-30-19-31-43-84)93-53-48-74(77-57-81(106(8,9)10)66-82(58-77)107(11,12)13)61-89(93)108(97)88-60-73(47-52-92(88)115(95)83-40-28-18-29-41-83)76-55-79(104(2,3)4)65-80(56-76)105(5,6)7/h14-66H,1-13H3. The van der Waals surface area contributed by atoms with E-state index >= 15 is 0 Å². The highest BCUT2D eigenvalue weighted by atomic mass is 15.2. The molecule has 10 heteroatoms. The normalized spacial score (nSPS) is 12.8. The van der Waals surface area contributed by atoms with Gasteiger partial charge < -0.3 is 14.4 Å². The maximum atomic E-state index is 5.42. The number of aryl methyl sites for hydroxylation is 1. The third-order valence-electron chi connectivity index (χ3n) is 23.5. The minimum absolute atomic E-state index is 0.0822. The van der Waals surface area contributed by atoms with Crippen LogP contribution in [-0.4, -0.2) is 41.2 Å². The molecule has 0 amide bonds. The minimum atomic E-state index is -0.207. The predicted octanol–water partition coefficient (Wildman–Crippen LogP) is 25.7. The molecule has 0 atom stereocenters. The highest BCUT2D eigenvalue weighted by Gasteiger charge is 2.45. The molecule has 0 fully saturated rings. The molecule has 14 aromatic carbocycles. The zero-order valence-electron chi connectivity index (χ0n) is 68.7. The zero-order valence-corrected chi connectivity index (χ0v) is 68.7. The molecule has 0 bridgehead atoms. The number of nitrogens with zero attached hydrogens (tertiary/aromatic N) is 9. The molecular formula is C107H92BN9. The second kappa shape index (κ2) is 28.5. The van der Waals surface area contributed by atoms with Crippen LogP contribution in [0.15, 0.2) is 322 Å². The summed E-state index contributed by atoms with van der Waals surface area (Å²) in [6.07, 6.45) is 0. The van der Waals surface area contributed by atoms with Crippen LogP contribution in [0.4, 0.5) is 34.1 Å². The molecule has 0 saturated carbocycles. The summed E-state index contributed by atoms with van der Waals surface area (Å²) in [5.41, 5.74) is 31.5. The topological polar surface area (TPSA) is 88.8 Å². The highest BCUT2D eigenvalue weighted by molar-refractivity contribution is 7.00. The second-order valence-electron chi connectivity index (χ2n) is 35.7. The van der Waals surface area contributed by atoms with Crippen LogP contribution in [0.2, 0.25) is 0 Å². The van der Waals surface area contributed by atoms with Gasteiger partial charge in [0, 0.05) is 78.3 Å². The van der Waals surface area contributed by atoms with Crippen LogP contribution >= 0.6 is 0 Å². The lowest BCUT2D eigenvalue weighted by molar-refractivity contribution is 0.568. The molecule has 0 spiro atoms. The van der Waals surface area contributed by atoms with E-state index in [1.807, 2.05) is 72.8 Å². The van der Waals surface area contributed by atoms with Gasteiger partial charge in [-0.25, -0.2) is 29.9 Å². The van der Waals surface area contributed by atoms with E-state index in [1.165, 1.54) is 60.9 Å². The Morgan fingerprint density at radius 1 is 0.239 bits per heavy atom. The number of para-hydroxylation sites is 2. The molecule has 9 nitrogen and oxygen atoms in total. The first kappa shape index (κ1) is 73.7. The van der Waals surface area contributed by atoms with Crippen molar-refractivity contribution in [3.8, 4) is 107 Å². The first-order valence-corrected chi connectivity index (χ1v) is 40.8. The lowest BCUT2D eigenvalue weighted by Gasteiger charge is -2.44. The van der Waals surface area contributed by atoms with E-state index < -0.39 is 0 Å². The second-order valence-corrected chi connectivity index (χ2v) is 35.7. The third kappa shape index (κ3) is 13.7. The van der Waals surface area contributed by atoms with Crippen LogP contribution in [0.5, 0.6) is 0 Å². The van der Waals surface area contributed by atoms with E-state index in [4.69, 9.17) is 29.9 Å². The van der Waals surface area contributed by atoms with Gasteiger partial charge in [-0.05, 0) is 179 Å². The van der Waals surface area contributed by atoms with E-state index in [0.29, 0.717) is 34.9 Å². The van der Waals surface area contributed by atoms with Gasteiger partial charge in [0.25, 0.3) is 6.71 Å². The first-order chi connectivity index (χ1) is 56.4. The van der Waals surface area contributed by atoms with Crippen molar-refractivity contribution >= 4 is 79.0 Å². The Hall–Kier alpha value is -13.4. The fourth-order valence-electron chi connectivity index (χ4n) is 17.1. The van der Waals surface area contributed by atoms with Crippen molar-refractivity contribution in [2.24, 2.45) is 0 Å². The molecule has 0 radical (unpaired) electrons. The van der Waals surface area contributed by atoms with Gasteiger partial charge in [0.2, 0.25) is 0 Å². The molecule has 0 saturated heterocycles. The van der Waals surface area contributed by atoms with Crippen LogP contribution in [0, 0.1) is 6.92 Å². The lowest BCUT2D eigenvalue weighted by Crippen LogP contribution is -2.61. The summed E-state index contributed by atoms with van der Waals surface area (Å²) < 4.78 is 2.40. The highest BCUT2D eigenvalue weighted by Crippen LogP contribution is 2.50. The van der Waals surface area contributed by atoms with Crippen LogP contribution in [0.1, 0.15) is 111 Å². The fraction of sp³-hybridized carbons (Fsp3) is 0.159. The Bertz CT molecular complexity index is 6360. The van der Waals surface area contributed by atoms with Gasteiger partial charge in [0.15, 0.2) is 34.9 Å². The molecule has 117 heavy (non-hydrogen) atoms. The Labute approximate surface area is 687 Å². The summed E-state index contributed by atoms with van der Waals surface area (Å²) in [6.45, 7) is 30.0. The summed E-state index contributed by atoms with van der Waals surface area (Å²) >= 11 is 0. The van der Waals surface area contributed by atoms with Crippen molar-refractivity contribution in [2.45, 2.75) is 112 Å². The molecule has 5 heterocycles. The molecule has 3 aromatic heterocycles. The van der Waals surface area contributed by atoms with Crippen LogP contribution in [-0.2, 0) is 21.7 Å². The number of benzene rings is 14. The summed E-state index contributed by atoms with van der Waals surface area (Å²) in [5.74, 6) is 3.46. The van der Waals surface area contributed by atoms with E-state index in [9.17, 15) is 0 Å². The number of fused-ring (bicyclic) bond motifs is 7. The number of rotatable bonds is 12. The van der Waals surface area contributed by atoms with Crippen LogP contribution in [0.3, 0.4) is 0 Å². The Balaban J connectivity index is 0.875. The smallest absolute Gasteiger partial charge is 0.252 e. The number of hydrogen-bond acceptors (Lipinski definition) is 8. The molecule has 2 aliphatic heterocycles. The largest absolute Gasteiger partial charge is 0.311 e. The van der Waals surface area contributed by atoms with Crippen molar-refractivity contribution in [3.05, 3.63) is 349 Å². The predicted molar refractivity (Wildman–Crippen MR) is 490 cm³/mol. The average molecular weight is 1510 g/mol. The van der Waals surface area contributed by atoms with Crippen molar-refractivity contribution in [2.75, 3.05) is 9.80 Å².